The van der Waals surface area contributed by atoms with Crippen LogP contribution < -0.4 is 4.90 Å². The van der Waals surface area contributed by atoms with Crippen LogP contribution in [-0.2, 0) is 0 Å². The van der Waals surface area contributed by atoms with E-state index in [1.54, 1.807) is 18.3 Å². The van der Waals surface area contributed by atoms with Crippen molar-refractivity contribution in [2.45, 2.75) is 6.92 Å². The van der Waals surface area contributed by atoms with E-state index in [1.807, 2.05) is 37.1 Å². The number of pyridine rings is 1. The third kappa shape index (κ3) is 2.26. The minimum atomic E-state index is 0.580. The van der Waals surface area contributed by atoms with Crippen LogP contribution in [-0.4, -0.2) is 12.0 Å². The Morgan fingerprint density at radius 3 is 2.76 bits per heavy atom. The Labute approximate surface area is 101 Å². The Morgan fingerprint density at radius 2 is 2.06 bits per heavy atom. The van der Waals surface area contributed by atoms with Gasteiger partial charge >= 0.3 is 0 Å². The van der Waals surface area contributed by atoms with Gasteiger partial charge in [0.2, 0.25) is 0 Å². The number of hydrogen-bond donors (Lipinski definition) is 0. The van der Waals surface area contributed by atoms with Crippen molar-refractivity contribution < 1.29 is 0 Å². The fourth-order valence-electron chi connectivity index (χ4n) is 1.71. The van der Waals surface area contributed by atoms with E-state index < -0.39 is 0 Å². The summed E-state index contributed by atoms with van der Waals surface area (Å²) in [6.07, 6.45) is 1.70. The van der Waals surface area contributed by atoms with Crippen molar-refractivity contribution in [3.8, 4) is 6.07 Å². The monoisotopic (exact) mass is 223 g/mol. The quantitative estimate of drug-likeness (QED) is 0.785. The maximum Gasteiger partial charge on any atom is 0.150 e. The molecule has 0 N–H and O–H groups in total. The number of aromatic nitrogens is 1. The fraction of sp³-hybridized carbons (Fsp3) is 0.143. The van der Waals surface area contributed by atoms with Crippen molar-refractivity contribution in [2.24, 2.45) is 0 Å². The highest BCUT2D eigenvalue weighted by atomic mass is 15.2. The molecule has 0 radical (unpaired) electrons. The molecule has 1 aromatic heterocycles. The van der Waals surface area contributed by atoms with E-state index in [1.165, 1.54) is 5.56 Å². The summed E-state index contributed by atoms with van der Waals surface area (Å²) >= 11 is 0. The van der Waals surface area contributed by atoms with Crippen LogP contribution >= 0.6 is 0 Å². The molecule has 0 aliphatic carbocycles. The average Bonchev–Trinajstić information content (AvgIpc) is 2.38. The van der Waals surface area contributed by atoms with Crippen LogP contribution in [0.15, 0.2) is 42.6 Å². The lowest BCUT2D eigenvalue weighted by molar-refractivity contribution is 1.11. The van der Waals surface area contributed by atoms with Gasteiger partial charge in [-0.05, 0) is 36.8 Å². The summed E-state index contributed by atoms with van der Waals surface area (Å²) in [5.41, 5.74) is 2.79. The molecular weight excluding hydrogens is 210 g/mol. The smallest absolute Gasteiger partial charge is 0.150 e. The van der Waals surface area contributed by atoms with Crippen molar-refractivity contribution in [3.05, 3.63) is 53.7 Å². The second-order valence-electron chi connectivity index (χ2n) is 3.88. The van der Waals surface area contributed by atoms with Gasteiger partial charge in [-0.3, -0.25) is 0 Å². The standard InChI is InChI=1S/C14H13N3/c1-11-5-3-7-13(9-11)17(2)14-12(10-15)6-4-8-16-14/h3-9H,1-2H3. The number of anilines is 2. The van der Waals surface area contributed by atoms with Gasteiger partial charge in [-0.25, -0.2) is 4.98 Å². The summed E-state index contributed by atoms with van der Waals surface area (Å²) in [5.74, 6) is 0.681. The van der Waals surface area contributed by atoms with Crippen LogP contribution in [0.1, 0.15) is 11.1 Å². The second kappa shape index (κ2) is 4.67. The van der Waals surface area contributed by atoms with E-state index in [-0.39, 0.29) is 0 Å². The molecule has 0 bridgehead atoms. The number of nitriles is 1. The van der Waals surface area contributed by atoms with E-state index >= 15 is 0 Å². The predicted molar refractivity (Wildman–Crippen MR) is 68.2 cm³/mol. The lowest BCUT2D eigenvalue weighted by Crippen LogP contribution is -2.12. The van der Waals surface area contributed by atoms with E-state index in [4.69, 9.17) is 5.26 Å². The van der Waals surface area contributed by atoms with Gasteiger partial charge in [0.05, 0.1) is 5.56 Å². The highest BCUT2D eigenvalue weighted by Crippen LogP contribution is 2.24. The van der Waals surface area contributed by atoms with Gasteiger partial charge in [0, 0.05) is 18.9 Å². The van der Waals surface area contributed by atoms with Gasteiger partial charge in [-0.1, -0.05) is 12.1 Å². The minimum Gasteiger partial charge on any atom is -0.328 e. The van der Waals surface area contributed by atoms with Crippen molar-refractivity contribution in [2.75, 3.05) is 11.9 Å². The lowest BCUT2D eigenvalue weighted by atomic mass is 10.2. The molecule has 84 valence electrons. The molecule has 2 rings (SSSR count). The Morgan fingerprint density at radius 1 is 1.24 bits per heavy atom. The summed E-state index contributed by atoms with van der Waals surface area (Å²) in [5, 5.41) is 9.05. The van der Waals surface area contributed by atoms with Crippen LogP contribution in [0.4, 0.5) is 11.5 Å². The van der Waals surface area contributed by atoms with Gasteiger partial charge in [0.25, 0.3) is 0 Å². The zero-order valence-corrected chi connectivity index (χ0v) is 9.88. The van der Waals surface area contributed by atoms with Gasteiger partial charge in [-0.15, -0.1) is 0 Å². The maximum absolute atomic E-state index is 9.05. The third-order valence-corrected chi connectivity index (χ3v) is 2.61. The number of rotatable bonds is 2. The number of hydrogen-bond acceptors (Lipinski definition) is 3. The first kappa shape index (κ1) is 11.2. The SMILES string of the molecule is Cc1cccc(N(C)c2ncccc2C#N)c1. The normalized spacial score (nSPS) is 9.71. The third-order valence-electron chi connectivity index (χ3n) is 2.61. The van der Waals surface area contributed by atoms with Crippen LogP contribution in [0.5, 0.6) is 0 Å². The molecule has 0 aliphatic rings. The van der Waals surface area contributed by atoms with Crippen molar-refractivity contribution >= 4 is 11.5 Å². The largest absolute Gasteiger partial charge is 0.328 e. The highest BCUT2D eigenvalue weighted by molar-refractivity contribution is 5.65. The Balaban J connectivity index is 2.44. The Hall–Kier alpha value is -2.34. The topological polar surface area (TPSA) is 39.9 Å². The fourth-order valence-corrected chi connectivity index (χ4v) is 1.71. The lowest BCUT2D eigenvalue weighted by Gasteiger charge is -2.19. The first-order chi connectivity index (χ1) is 8.22. The summed E-state index contributed by atoms with van der Waals surface area (Å²) in [7, 11) is 1.91. The van der Waals surface area contributed by atoms with E-state index in [9.17, 15) is 0 Å². The van der Waals surface area contributed by atoms with Gasteiger partial charge < -0.3 is 4.90 Å². The molecule has 17 heavy (non-hydrogen) atoms. The molecule has 0 saturated carbocycles. The van der Waals surface area contributed by atoms with Gasteiger partial charge in [-0.2, -0.15) is 5.26 Å². The van der Waals surface area contributed by atoms with Crippen molar-refractivity contribution in [3.63, 3.8) is 0 Å². The van der Waals surface area contributed by atoms with E-state index in [0.717, 1.165) is 5.69 Å². The van der Waals surface area contributed by atoms with Crippen LogP contribution in [0.2, 0.25) is 0 Å². The highest BCUT2D eigenvalue weighted by Gasteiger charge is 2.09. The molecule has 0 amide bonds. The Bertz CT molecular complexity index is 570. The van der Waals surface area contributed by atoms with Crippen molar-refractivity contribution in [1.82, 2.24) is 4.98 Å². The van der Waals surface area contributed by atoms with Crippen LogP contribution in [0.3, 0.4) is 0 Å². The minimum absolute atomic E-state index is 0.580. The number of nitrogens with zero attached hydrogens (tertiary/aromatic N) is 3. The molecular formula is C14H13N3. The summed E-state index contributed by atoms with van der Waals surface area (Å²) in [6.45, 7) is 2.04. The zero-order valence-electron chi connectivity index (χ0n) is 9.88. The molecule has 0 fully saturated rings. The first-order valence-corrected chi connectivity index (χ1v) is 5.38. The van der Waals surface area contributed by atoms with Crippen LogP contribution in [0.25, 0.3) is 0 Å². The van der Waals surface area contributed by atoms with Crippen LogP contribution in [0, 0.1) is 18.3 Å². The molecule has 3 heteroatoms. The molecule has 0 spiro atoms. The zero-order chi connectivity index (χ0) is 12.3. The second-order valence-corrected chi connectivity index (χ2v) is 3.88. The Kier molecular flexibility index (Phi) is 3.06. The molecule has 0 saturated heterocycles. The summed E-state index contributed by atoms with van der Waals surface area (Å²) in [4.78, 5) is 6.18. The number of benzene rings is 1. The summed E-state index contributed by atoms with van der Waals surface area (Å²) < 4.78 is 0. The molecule has 2 aromatic rings. The van der Waals surface area contributed by atoms with E-state index in [0.29, 0.717) is 11.4 Å². The molecule has 1 heterocycles. The molecule has 3 nitrogen and oxygen atoms in total. The first-order valence-electron chi connectivity index (χ1n) is 5.38. The maximum atomic E-state index is 9.05. The number of aryl methyl sites for hydroxylation is 1. The van der Waals surface area contributed by atoms with Crippen molar-refractivity contribution in [1.29, 1.82) is 5.26 Å². The van der Waals surface area contributed by atoms with Gasteiger partial charge in [0.1, 0.15) is 6.07 Å². The predicted octanol–water partition coefficient (Wildman–Crippen LogP) is 3.03. The molecule has 0 aliphatic heterocycles. The molecule has 1 aromatic carbocycles. The average molecular weight is 223 g/mol. The van der Waals surface area contributed by atoms with E-state index in [2.05, 4.69) is 17.1 Å². The molecule has 0 atom stereocenters. The molecule has 0 unspecified atom stereocenters. The van der Waals surface area contributed by atoms with Gasteiger partial charge in [0.15, 0.2) is 5.82 Å². The summed E-state index contributed by atoms with van der Waals surface area (Å²) in [6, 6.07) is 13.8.